The number of nitrogens with zero attached hydrogens (tertiary/aromatic N) is 2. The van der Waals surface area contributed by atoms with Gasteiger partial charge in [0.25, 0.3) is 5.91 Å². The van der Waals surface area contributed by atoms with Crippen LogP contribution in [0.25, 0.3) is 0 Å². The van der Waals surface area contributed by atoms with Crippen LogP contribution in [0.4, 0.5) is 5.69 Å². The van der Waals surface area contributed by atoms with Crippen molar-refractivity contribution in [1.82, 2.24) is 9.62 Å². The van der Waals surface area contributed by atoms with Gasteiger partial charge in [-0.3, -0.25) is 4.79 Å². The highest BCUT2D eigenvalue weighted by Gasteiger charge is 2.26. The minimum Gasteiger partial charge on any atom is -0.497 e. The predicted octanol–water partition coefficient (Wildman–Crippen LogP) is 2.62. The molecule has 0 bridgehead atoms. The molecule has 1 amide bonds. The number of carbonyl (C=O) groups excluding carboxylic acids is 1. The van der Waals surface area contributed by atoms with Crippen LogP contribution in [-0.2, 0) is 10.0 Å². The number of hydrogen-bond donors (Lipinski definition) is 1. The summed E-state index contributed by atoms with van der Waals surface area (Å²) >= 11 is 6.00. The van der Waals surface area contributed by atoms with Crippen molar-refractivity contribution < 1.29 is 17.9 Å². The molecule has 30 heavy (non-hydrogen) atoms. The number of methoxy groups -OCH3 is 1. The Labute approximate surface area is 182 Å². The number of ether oxygens (including phenoxy) is 1. The molecule has 0 radical (unpaired) electrons. The summed E-state index contributed by atoms with van der Waals surface area (Å²) in [6.07, 6.45) is 0.344. The second-order valence-corrected chi connectivity index (χ2v) is 9.49. The fraction of sp³-hybridized carbons (Fsp3) is 0.381. The average Bonchev–Trinajstić information content (AvgIpc) is 2.77. The lowest BCUT2D eigenvalue weighted by molar-refractivity contribution is 0.0954. The molecule has 0 unspecified atom stereocenters. The molecule has 0 saturated carbocycles. The Balaban J connectivity index is 1.44. The molecule has 162 valence electrons. The first-order valence-corrected chi connectivity index (χ1v) is 11.8. The zero-order valence-corrected chi connectivity index (χ0v) is 18.5. The third-order valence-corrected chi connectivity index (χ3v) is 7.34. The third-order valence-electron chi connectivity index (χ3n) is 5.05. The molecule has 1 aliphatic heterocycles. The van der Waals surface area contributed by atoms with Crippen molar-refractivity contribution in [3.8, 4) is 5.75 Å². The summed E-state index contributed by atoms with van der Waals surface area (Å²) in [6, 6.07) is 14.5. The van der Waals surface area contributed by atoms with E-state index in [0.29, 0.717) is 43.2 Å². The van der Waals surface area contributed by atoms with Crippen LogP contribution in [0, 0.1) is 0 Å². The fourth-order valence-corrected chi connectivity index (χ4v) is 5.05. The number of carbonyl (C=O) groups is 1. The highest BCUT2D eigenvalue weighted by atomic mass is 35.5. The molecule has 0 spiro atoms. The van der Waals surface area contributed by atoms with Crippen molar-refractivity contribution in [1.29, 1.82) is 0 Å². The van der Waals surface area contributed by atoms with Gasteiger partial charge in [-0.1, -0.05) is 23.7 Å². The molecule has 1 fully saturated rings. The number of hydrogen-bond acceptors (Lipinski definition) is 5. The van der Waals surface area contributed by atoms with Gasteiger partial charge in [0.05, 0.1) is 23.4 Å². The number of nitrogens with one attached hydrogen (secondary N) is 1. The van der Waals surface area contributed by atoms with E-state index in [1.165, 1.54) is 4.31 Å². The van der Waals surface area contributed by atoms with Crippen molar-refractivity contribution in [3.05, 3.63) is 59.1 Å². The minimum atomic E-state index is -3.36. The molecule has 9 heteroatoms. The number of piperazine rings is 1. The van der Waals surface area contributed by atoms with E-state index in [0.717, 1.165) is 11.4 Å². The lowest BCUT2D eigenvalue weighted by Crippen LogP contribution is -2.49. The van der Waals surface area contributed by atoms with E-state index in [1.54, 1.807) is 31.4 Å². The van der Waals surface area contributed by atoms with Crippen LogP contribution in [-0.4, -0.2) is 64.2 Å². The topological polar surface area (TPSA) is 79.0 Å². The molecule has 0 atom stereocenters. The second-order valence-electron chi connectivity index (χ2n) is 6.99. The summed E-state index contributed by atoms with van der Waals surface area (Å²) in [5, 5.41) is 3.10. The molecule has 1 heterocycles. The zero-order valence-electron chi connectivity index (χ0n) is 16.9. The molecule has 7 nitrogen and oxygen atoms in total. The normalized spacial score (nSPS) is 15.1. The van der Waals surface area contributed by atoms with Gasteiger partial charge in [-0.2, -0.15) is 4.31 Å². The van der Waals surface area contributed by atoms with Gasteiger partial charge >= 0.3 is 0 Å². The lowest BCUT2D eigenvalue weighted by Gasteiger charge is -2.35. The highest BCUT2D eigenvalue weighted by molar-refractivity contribution is 7.89. The molecular weight excluding hydrogens is 426 g/mol. The molecule has 3 rings (SSSR count). The molecule has 1 N–H and O–H groups in total. The molecule has 0 aromatic heterocycles. The van der Waals surface area contributed by atoms with Crippen molar-refractivity contribution in [2.75, 3.05) is 50.5 Å². The summed E-state index contributed by atoms with van der Waals surface area (Å²) in [4.78, 5) is 14.3. The first-order chi connectivity index (χ1) is 14.4. The van der Waals surface area contributed by atoms with E-state index in [-0.39, 0.29) is 18.2 Å². The molecular formula is C21H26ClN3O4S. The van der Waals surface area contributed by atoms with E-state index < -0.39 is 10.0 Å². The van der Waals surface area contributed by atoms with Crippen LogP contribution in [0.5, 0.6) is 5.75 Å². The molecule has 2 aromatic rings. The lowest BCUT2D eigenvalue weighted by atomic mass is 10.2. The predicted molar refractivity (Wildman–Crippen MR) is 119 cm³/mol. The van der Waals surface area contributed by atoms with Gasteiger partial charge < -0.3 is 15.0 Å². The van der Waals surface area contributed by atoms with Crippen molar-refractivity contribution in [2.45, 2.75) is 6.42 Å². The number of anilines is 1. The first kappa shape index (κ1) is 22.4. The first-order valence-electron chi connectivity index (χ1n) is 9.80. The molecule has 1 aliphatic rings. The Morgan fingerprint density at radius 2 is 1.73 bits per heavy atom. The van der Waals surface area contributed by atoms with Gasteiger partial charge in [0.2, 0.25) is 10.0 Å². The third kappa shape index (κ3) is 5.65. The van der Waals surface area contributed by atoms with Crippen LogP contribution in [0.3, 0.4) is 0 Å². The second kappa shape index (κ2) is 10.1. The number of sulfonamides is 1. The minimum absolute atomic E-state index is 0.00165. The summed E-state index contributed by atoms with van der Waals surface area (Å²) in [6.45, 7) is 2.43. The van der Waals surface area contributed by atoms with E-state index in [4.69, 9.17) is 16.3 Å². The van der Waals surface area contributed by atoms with Crippen LogP contribution < -0.4 is 15.0 Å². The number of amides is 1. The summed E-state index contributed by atoms with van der Waals surface area (Å²) in [5.74, 6) is 0.492. The van der Waals surface area contributed by atoms with Crippen LogP contribution in [0.2, 0.25) is 5.02 Å². The highest BCUT2D eigenvalue weighted by Crippen LogP contribution is 2.21. The van der Waals surface area contributed by atoms with Crippen molar-refractivity contribution in [3.63, 3.8) is 0 Å². The van der Waals surface area contributed by atoms with Gasteiger partial charge in [-0.15, -0.1) is 0 Å². The Bertz CT molecular complexity index is 958. The Morgan fingerprint density at radius 1 is 1.07 bits per heavy atom. The Morgan fingerprint density at radius 3 is 2.37 bits per heavy atom. The zero-order chi connectivity index (χ0) is 21.6. The summed E-state index contributed by atoms with van der Waals surface area (Å²) in [7, 11) is -1.74. The van der Waals surface area contributed by atoms with Gasteiger partial charge in [-0.25, -0.2) is 8.42 Å². The fourth-order valence-electron chi connectivity index (χ4n) is 3.34. The summed E-state index contributed by atoms with van der Waals surface area (Å²) in [5.41, 5.74) is 1.44. The number of halogens is 1. The van der Waals surface area contributed by atoms with Crippen LogP contribution >= 0.6 is 11.6 Å². The van der Waals surface area contributed by atoms with Gasteiger partial charge in [0.1, 0.15) is 5.75 Å². The van der Waals surface area contributed by atoms with Crippen molar-refractivity contribution in [2.24, 2.45) is 0 Å². The van der Waals surface area contributed by atoms with Gasteiger partial charge in [0, 0.05) is 38.4 Å². The monoisotopic (exact) mass is 451 g/mol. The van der Waals surface area contributed by atoms with Crippen LogP contribution in [0.15, 0.2) is 48.5 Å². The maximum atomic E-state index is 12.6. The summed E-state index contributed by atoms with van der Waals surface area (Å²) < 4.78 is 32.0. The van der Waals surface area contributed by atoms with Gasteiger partial charge in [-0.05, 0) is 42.8 Å². The van der Waals surface area contributed by atoms with E-state index in [2.05, 4.69) is 10.2 Å². The SMILES string of the molecule is COc1ccc(N2CCN(S(=O)(=O)CCCNC(=O)c3ccccc3Cl)CC2)cc1. The van der Waals surface area contributed by atoms with E-state index in [9.17, 15) is 13.2 Å². The average molecular weight is 452 g/mol. The van der Waals surface area contributed by atoms with E-state index >= 15 is 0 Å². The maximum absolute atomic E-state index is 12.6. The Kier molecular flexibility index (Phi) is 7.58. The molecule has 2 aromatic carbocycles. The maximum Gasteiger partial charge on any atom is 0.252 e. The number of benzene rings is 2. The Hall–Kier alpha value is -2.29. The quantitative estimate of drug-likeness (QED) is 0.624. The van der Waals surface area contributed by atoms with Gasteiger partial charge in [0.15, 0.2) is 0 Å². The van der Waals surface area contributed by atoms with E-state index in [1.807, 2.05) is 24.3 Å². The molecule has 0 aliphatic carbocycles. The van der Waals surface area contributed by atoms with Crippen molar-refractivity contribution >= 4 is 33.2 Å². The van der Waals surface area contributed by atoms with Crippen LogP contribution in [0.1, 0.15) is 16.8 Å². The molecule has 1 saturated heterocycles. The largest absolute Gasteiger partial charge is 0.497 e. The number of rotatable bonds is 8. The standard InChI is InChI=1S/C21H26ClN3O4S/c1-29-18-9-7-17(8-10-18)24-12-14-25(15-13-24)30(27,28)16-4-11-23-21(26)19-5-2-3-6-20(19)22/h2-3,5-10H,4,11-16H2,1H3,(H,23,26). The smallest absolute Gasteiger partial charge is 0.252 e.